The second-order valence-electron chi connectivity index (χ2n) is 3.06. The van der Waals surface area contributed by atoms with Crippen molar-refractivity contribution in [2.45, 2.75) is 39.2 Å². The lowest BCUT2D eigenvalue weighted by atomic mass is 10.0. The van der Waals surface area contributed by atoms with E-state index in [2.05, 4.69) is 6.92 Å². The molecule has 0 fully saturated rings. The standard InChI is InChI=1S/C6H13Cl3OSi/c1-4-5-6(2,3)10-11(7,8)9/h4-5H2,1-3H3. The van der Waals surface area contributed by atoms with Gasteiger partial charge < -0.3 is 4.43 Å². The summed E-state index contributed by atoms with van der Waals surface area (Å²) in [7, 11) is 0. The molecular formula is C6H13Cl3OSi. The Hall–Kier alpha value is 1.05. The Morgan fingerprint density at radius 3 is 2.00 bits per heavy atom. The molecule has 0 aromatic heterocycles. The Balaban J connectivity index is 3.91. The highest BCUT2D eigenvalue weighted by Gasteiger charge is 2.35. The van der Waals surface area contributed by atoms with E-state index in [1.54, 1.807) is 0 Å². The molecule has 0 heterocycles. The summed E-state index contributed by atoms with van der Waals surface area (Å²) >= 11 is 16.8. The predicted molar refractivity (Wildman–Crippen MR) is 53.4 cm³/mol. The monoisotopic (exact) mass is 234 g/mol. The number of hydrogen-bond donors (Lipinski definition) is 0. The van der Waals surface area contributed by atoms with Crippen molar-refractivity contribution >= 4 is 39.5 Å². The second kappa shape index (κ2) is 4.33. The molecule has 0 bridgehead atoms. The van der Waals surface area contributed by atoms with Gasteiger partial charge in [-0.15, -0.1) is 0 Å². The lowest BCUT2D eigenvalue weighted by Crippen LogP contribution is -2.33. The lowest BCUT2D eigenvalue weighted by molar-refractivity contribution is 0.103. The first-order valence-electron chi connectivity index (χ1n) is 3.54. The van der Waals surface area contributed by atoms with Crippen LogP contribution in [0.1, 0.15) is 33.6 Å². The maximum atomic E-state index is 5.60. The maximum Gasteiger partial charge on any atom is 0.494 e. The summed E-state index contributed by atoms with van der Waals surface area (Å²) in [6.45, 7) is 5.95. The lowest BCUT2D eigenvalue weighted by Gasteiger charge is -2.27. The van der Waals surface area contributed by atoms with Crippen LogP contribution in [0.15, 0.2) is 0 Å². The van der Waals surface area contributed by atoms with E-state index < -0.39 is 6.25 Å². The van der Waals surface area contributed by atoms with Crippen molar-refractivity contribution in [3.63, 3.8) is 0 Å². The molecule has 0 saturated heterocycles. The summed E-state index contributed by atoms with van der Waals surface area (Å²) in [5.41, 5.74) is -0.299. The summed E-state index contributed by atoms with van der Waals surface area (Å²) in [6, 6.07) is 0. The van der Waals surface area contributed by atoms with Crippen LogP contribution < -0.4 is 0 Å². The van der Waals surface area contributed by atoms with Gasteiger partial charge >= 0.3 is 6.25 Å². The van der Waals surface area contributed by atoms with Crippen molar-refractivity contribution in [1.29, 1.82) is 0 Å². The second-order valence-corrected chi connectivity index (χ2v) is 10.7. The molecule has 11 heavy (non-hydrogen) atoms. The Morgan fingerprint density at radius 1 is 1.27 bits per heavy atom. The summed E-state index contributed by atoms with van der Waals surface area (Å²) in [5.74, 6) is 0. The number of rotatable bonds is 4. The van der Waals surface area contributed by atoms with Crippen molar-refractivity contribution in [2.75, 3.05) is 0 Å². The molecule has 0 atom stereocenters. The van der Waals surface area contributed by atoms with Crippen LogP contribution in [0.25, 0.3) is 0 Å². The Labute approximate surface area is 83.2 Å². The van der Waals surface area contributed by atoms with Gasteiger partial charge in [0, 0.05) is 0 Å². The smallest absolute Gasteiger partial charge is 0.376 e. The molecule has 0 amide bonds. The third kappa shape index (κ3) is 7.41. The first kappa shape index (κ1) is 12.0. The van der Waals surface area contributed by atoms with Gasteiger partial charge in [-0.1, -0.05) is 46.6 Å². The maximum absolute atomic E-state index is 5.60. The zero-order chi connectivity index (χ0) is 9.12. The van der Waals surface area contributed by atoms with Crippen LogP contribution in [0.4, 0.5) is 0 Å². The Kier molecular flexibility index (Phi) is 4.74. The number of hydrogen-bond acceptors (Lipinski definition) is 1. The third-order valence-corrected chi connectivity index (χ3v) is 2.72. The molecule has 0 spiro atoms. The van der Waals surface area contributed by atoms with Crippen LogP contribution in [0, 0.1) is 0 Å². The van der Waals surface area contributed by atoms with Gasteiger partial charge in [-0.3, -0.25) is 0 Å². The van der Waals surface area contributed by atoms with Gasteiger partial charge in [0.1, 0.15) is 0 Å². The van der Waals surface area contributed by atoms with Crippen molar-refractivity contribution in [1.82, 2.24) is 0 Å². The minimum absolute atomic E-state index is 0.299. The fourth-order valence-corrected chi connectivity index (χ4v) is 3.57. The van der Waals surface area contributed by atoms with Crippen molar-refractivity contribution in [3.8, 4) is 0 Å². The first-order valence-corrected chi connectivity index (χ1v) is 8.48. The van der Waals surface area contributed by atoms with E-state index in [1.807, 2.05) is 13.8 Å². The molecule has 0 radical (unpaired) electrons. The van der Waals surface area contributed by atoms with E-state index in [9.17, 15) is 0 Å². The highest BCUT2D eigenvalue weighted by Crippen LogP contribution is 2.29. The van der Waals surface area contributed by atoms with Crippen LogP contribution in [-0.2, 0) is 4.43 Å². The van der Waals surface area contributed by atoms with Crippen LogP contribution in [-0.4, -0.2) is 11.8 Å². The highest BCUT2D eigenvalue weighted by molar-refractivity contribution is 7.62. The van der Waals surface area contributed by atoms with Gasteiger partial charge in [0.2, 0.25) is 0 Å². The summed E-state index contributed by atoms with van der Waals surface area (Å²) < 4.78 is 5.30. The van der Waals surface area contributed by atoms with Gasteiger partial charge in [0.05, 0.1) is 5.60 Å². The fourth-order valence-electron chi connectivity index (χ4n) is 0.966. The summed E-state index contributed by atoms with van der Waals surface area (Å²) in [5, 5.41) is 0. The van der Waals surface area contributed by atoms with Gasteiger partial charge in [0.25, 0.3) is 0 Å². The molecule has 68 valence electrons. The Bertz CT molecular complexity index is 121. The molecule has 0 N–H and O–H groups in total. The fraction of sp³-hybridized carbons (Fsp3) is 1.00. The van der Waals surface area contributed by atoms with Crippen LogP contribution in [0.5, 0.6) is 0 Å². The zero-order valence-electron chi connectivity index (χ0n) is 6.96. The van der Waals surface area contributed by atoms with Gasteiger partial charge in [0.15, 0.2) is 0 Å². The average molecular weight is 236 g/mol. The molecule has 0 aliphatic carbocycles. The predicted octanol–water partition coefficient (Wildman–Crippen LogP) is 3.73. The van der Waals surface area contributed by atoms with E-state index in [0.717, 1.165) is 12.8 Å². The molecule has 1 nitrogen and oxygen atoms in total. The number of halogens is 3. The van der Waals surface area contributed by atoms with Gasteiger partial charge in [-0.05, 0) is 20.3 Å². The van der Waals surface area contributed by atoms with Gasteiger partial charge in [-0.25, -0.2) is 0 Å². The minimum Gasteiger partial charge on any atom is -0.376 e. The Morgan fingerprint density at radius 2 is 1.73 bits per heavy atom. The molecule has 0 aliphatic rings. The molecule has 0 saturated carbocycles. The van der Waals surface area contributed by atoms with E-state index in [-0.39, 0.29) is 5.60 Å². The van der Waals surface area contributed by atoms with E-state index >= 15 is 0 Å². The zero-order valence-corrected chi connectivity index (χ0v) is 10.2. The SMILES string of the molecule is CCCC(C)(C)O[Si](Cl)(Cl)Cl. The van der Waals surface area contributed by atoms with Crippen molar-refractivity contribution in [3.05, 3.63) is 0 Å². The molecule has 0 rings (SSSR count). The van der Waals surface area contributed by atoms with Crippen molar-refractivity contribution < 1.29 is 4.43 Å². The van der Waals surface area contributed by atoms with E-state index in [0.29, 0.717) is 0 Å². The molecule has 0 aliphatic heterocycles. The quantitative estimate of drug-likeness (QED) is 0.533. The van der Waals surface area contributed by atoms with Crippen molar-refractivity contribution in [2.24, 2.45) is 0 Å². The van der Waals surface area contributed by atoms with E-state index in [1.165, 1.54) is 0 Å². The van der Waals surface area contributed by atoms with E-state index in [4.69, 9.17) is 37.7 Å². The highest BCUT2D eigenvalue weighted by atomic mass is 35.8. The molecule has 0 unspecified atom stereocenters. The summed E-state index contributed by atoms with van der Waals surface area (Å²) in [6.07, 6.45) is -0.973. The summed E-state index contributed by atoms with van der Waals surface area (Å²) in [4.78, 5) is 0. The van der Waals surface area contributed by atoms with Gasteiger partial charge in [-0.2, -0.15) is 0 Å². The molecule has 5 heteroatoms. The third-order valence-electron chi connectivity index (χ3n) is 1.24. The largest absolute Gasteiger partial charge is 0.494 e. The minimum atomic E-state index is -2.91. The molecule has 0 aromatic carbocycles. The van der Waals surface area contributed by atoms with Crippen LogP contribution >= 0.6 is 33.2 Å². The van der Waals surface area contributed by atoms with Crippen LogP contribution in [0.2, 0.25) is 0 Å². The first-order chi connectivity index (χ1) is 4.77. The molecular weight excluding hydrogens is 223 g/mol. The molecule has 0 aromatic rings. The topological polar surface area (TPSA) is 9.23 Å². The normalized spacial score (nSPS) is 13.6. The van der Waals surface area contributed by atoms with Crippen LogP contribution in [0.3, 0.4) is 0 Å². The average Bonchev–Trinajstić information content (AvgIpc) is 1.55.